The fourth-order valence-electron chi connectivity index (χ4n) is 0.451. The molecule has 0 bridgehead atoms. The number of alkyl halides is 2. The summed E-state index contributed by atoms with van der Waals surface area (Å²) in [4.78, 5) is 0. The fraction of sp³-hybridized carbons (Fsp3) is 1.00. The Morgan fingerprint density at radius 3 is 1.71 bits per heavy atom. The molecule has 0 unspecified atom stereocenters. The van der Waals surface area contributed by atoms with Crippen LogP contribution < -0.4 is 0 Å². The van der Waals surface area contributed by atoms with Crippen molar-refractivity contribution in [2.75, 3.05) is 11.8 Å². The van der Waals surface area contributed by atoms with Crippen LogP contribution in [0.2, 0.25) is 0 Å². The summed E-state index contributed by atoms with van der Waals surface area (Å²) >= 11 is 10.8. The number of hydrogen-bond donors (Lipinski definition) is 0. The lowest BCUT2D eigenvalue weighted by Crippen LogP contribution is -1.94. The molecule has 0 aromatic heterocycles. The maximum absolute atomic E-state index is 5.39. The van der Waals surface area contributed by atoms with E-state index >= 15 is 0 Å². The second kappa shape index (κ2) is 2.21. The summed E-state index contributed by atoms with van der Waals surface area (Å²) in [6.45, 7) is 0. The molecule has 1 rings (SSSR count). The zero-order valence-electron chi connectivity index (χ0n) is 3.73. The summed E-state index contributed by atoms with van der Waals surface area (Å²) in [6.07, 6.45) is 0.498. The monoisotopic (exact) mass is 140 g/mol. The minimum absolute atomic E-state index is 0.249. The molecule has 1 nitrogen and oxygen atoms in total. The van der Waals surface area contributed by atoms with Crippen LogP contribution in [0.1, 0.15) is 0 Å². The first-order valence-electron chi connectivity index (χ1n) is 2.16. The summed E-state index contributed by atoms with van der Waals surface area (Å²) in [7, 11) is 0. The summed E-state index contributed by atoms with van der Waals surface area (Å²) in [5, 5.41) is 0. The number of hydrogen-bond acceptors (Lipinski definition) is 1. The van der Waals surface area contributed by atoms with E-state index in [1.165, 1.54) is 0 Å². The van der Waals surface area contributed by atoms with E-state index < -0.39 is 0 Å². The van der Waals surface area contributed by atoms with Gasteiger partial charge in [-0.1, -0.05) is 0 Å². The van der Waals surface area contributed by atoms with E-state index in [2.05, 4.69) is 0 Å². The lowest BCUT2D eigenvalue weighted by molar-refractivity contribution is 0.391. The number of ether oxygens (including phenoxy) is 1. The number of halogens is 2. The maximum Gasteiger partial charge on any atom is 0.0989 e. The minimum atomic E-state index is 0.249. The largest absolute Gasteiger partial charge is 0.367 e. The maximum atomic E-state index is 5.39. The molecule has 0 radical (unpaired) electrons. The number of rotatable bonds is 2. The molecule has 0 aliphatic carbocycles. The van der Waals surface area contributed by atoms with E-state index in [1.54, 1.807) is 0 Å². The Kier molecular flexibility index (Phi) is 1.79. The first-order valence-corrected chi connectivity index (χ1v) is 3.22. The Bertz CT molecular complexity index is 58.7. The lowest BCUT2D eigenvalue weighted by Gasteiger charge is -1.75. The van der Waals surface area contributed by atoms with Crippen LogP contribution in [-0.2, 0) is 4.74 Å². The average Bonchev–Trinajstić information content (AvgIpc) is 2.43. The van der Waals surface area contributed by atoms with Gasteiger partial charge < -0.3 is 4.74 Å². The van der Waals surface area contributed by atoms with Gasteiger partial charge in [-0.25, -0.2) is 0 Å². The van der Waals surface area contributed by atoms with E-state index in [9.17, 15) is 0 Å². The Labute approximate surface area is 52.5 Å². The van der Waals surface area contributed by atoms with Crippen LogP contribution in [-0.4, -0.2) is 24.0 Å². The van der Waals surface area contributed by atoms with Crippen LogP contribution >= 0.6 is 23.2 Å². The van der Waals surface area contributed by atoms with E-state index in [0.717, 1.165) is 0 Å². The normalized spacial score (nSPS) is 38.6. The second-order valence-corrected chi connectivity index (χ2v) is 2.14. The third-order valence-corrected chi connectivity index (χ3v) is 1.60. The topological polar surface area (TPSA) is 12.5 Å². The van der Waals surface area contributed by atoms with Gasteiger partial charge in [0, 0.05) is 0 Å². The van der Waals surface area contributed by atoms with Crippen molar-refractivity contribution in [1.29, 1.82) is 0 Å². The van der Waals surface area contributed by atoms with Gasteiger partial charge in [0.05, 0.1) is 24.0 Å². The summed E-state index contributed by atoms with van der Waals surface area (Å²) in [5.74, 6) is 1.16. The summed E-state index contributed by atoms with van der Waals surface area (Å²) in [6, 6.07) is 0. The molecule has 0 spiro atoms. The van der Waals surface area contributed by atoms with Crippen LogP contribution in [0, 0.1) is 0 Å². The predicted molar refractivity (Wildman–Crippen MR) is 30.1 cm³/mol. The third kappa shape index (κ3) is 1.21. The van der Waals surface area contributed by atoms with Gasteiger partial charge in [0.15, 0.2) is 0 Å². The predicted octanol–water partition coefficient (Wildman–Crippen LogP) is 1.23. The smallest absolute Gasteiger partial charge is 0.0989 e. The van der Waals surface area contributed by atoms with Gasteiger partial charge in [0.1, 0.15) is 0 Å². The molecule has 7 heavy (non-hydrogen) atoms. The van der Waals surface area contributed by atoms with Crippen molar-refractivity contribution in [2.24, 2.45) is 0 Å². The molecular formula is C4H6Cl2O. The molecule has 0 saturated carbocycles. The third-order valence-electron chi connectivity index (χ3n) is 0.992. The standard InChI is InChI=1S/C4H6Cl2O/c5-1-3-4(2-6)7-3/h3-4H,1-2H2/t3-,4-/m0/s1. The van der Waals surface area contributed by atoms with Crippen molar-refractivity contribution in [1.82, 2.24) is 0 Å². The first-order chi connectivity index (χ1) is 3.38. The highest BCUT2D eigenvalue weighted by Gasteiger charge is 2.36. The van der Waals surface area contributed by atoms with Gasteiger partial charge in [0.25, 0.3) is 0 Å². The molecule has 0 aromatic carbocycles. The highest BCUT2D eigenvalue weighted by Crippen LogP contribution is 2.23. The summed E-state index contributed by atoms with van der Waals surface area (Å²) in [5.41, 5.74) is 0. The van der Waals surface area contributed by atoms with E-state index in [0.29, 0.717) is 11.8 Å². The molecule has 1 saturated heterocycles. The Morgan fingerprint density at radius 2 is 1.57 bits per heavy atom. The Balaban J connectivity index is 2.06. The SMILES string of the molecule is ClC[C@@H]1O[C@H]1CCl. The van der Waals surface area contributed by atoms with Crippen LogP contribution in [0.15, 0.2) is 0 Å². The van der Waals surface area contributed by atoms with Gasteiger partial charge in [-0.3, -0.25) is 0 Å². The summed E-state index contributed by atoms with van der Waals surface area (Å²) < 4.78 is 4.95. The van der Waals surface area contributed by atoms with Crippen LogP contribution in [0.4, 0.5) is 0 Å². The number of epoxide rings is 1. The highest BCUT2D eigenvalue weighted by atomic mass is 35.5. The second-order valence-electron chi connectivity index (χ2n) is 1.52. The van der Waals surface area contributed by atoms with Crippen molar-refractivity contribution in [3.05, 3.63) is 0 Å². The van der Waals surface area contributed by atoms with Crippen molar-refractivity contribution >= 4 is 23.2 Å². The van der Waals surface area contributed by atoms with Gasteiger partial charge in [0.2, 0.25) is 0 Å². The fourth-order valence-corrected chi connectivity index (χ4v) is 0.994. The molecule has 3 heteroatoms. The lowest BCUT2D eigenvalue weighted by atomic mass is 10.4. The molecule has 0 amide bonds. The average molecular weight is 141 g/mol. The first kappa shape index (κ1) is 5.67. The van der Waals surface area contributed by atoms with Crippen molar-refractivity contribution in [2.45, 2.75) is 12.2 Å². The van der Waals surface area contributed by atoms with E-state index in [1.807, 2.05) is 0 Å². The van der Waals surface area contributed by atoms with Gasteiger partial charge in [-0.05, 0) is 0 Å². The van der Waals surface area contributed by atoms with E-state index in [4.69, 9.17) is 27.9 Å². The van der Waals surface area contributed by atoms with Gasteiger partial charge in [-0.15, -0.1) is 23.2 Å². The Hall–Kier alpha value is 0.540. The Morgan fingerprint density at radius 1 is 1.14 bits per heavy atom. The van der Waals surface area contributed by atoms with Crippen LogP contribution in [0.5, 0.6) is 0 Å². The highest BCUT2D eigenvalue weighted by molar-refractivity contribution is 6.19. The molecule has 1 heterocycles. The molecule has 0 aromatic rings. The van der Waals surface area contributed by atoms with Crippen molar-refractivity contribution in [3.63, 3.8) is 0 Å². The molecule has 42 valence electrons. The zero-order chi connectivity index (χ0) is 5.28. The quantitative estimate of drug-likeness (QED) is 0.416. The zero-order valence-corrected chi connectivity index (χ0v) is 5.24. The minimum Gasteiger partial charge on any atom is -0.367 e. The van der Waals surface area contributed by atoms with Crippen molar-refractivity contribution < 1.29 is 4.74 Å². The molecule has 0 N–H and O–H groups in total. The van der Waals surface area contributed by atoms with Gasteiger partial charge >= 0.3 is 0 Å². The van der Waals surface area contributed by atoms with Gasteiger partial charge in [-0.2, -0.15) is 0 Å². The molecule has 1 aliphatic heterocycles. The molecular weight excluding hydrogens is 135 g/mol. The van der Waals surface area contributed by atoms with E-state index in [-0.39, 0.29) is 12.2 Å². The molecule has 1 fully saturated rings. The van der Waals surface area contributed by atoms with Crippen LogP contribution in [0.3, 0.4) is 0 Å². The molecule has 1 aliphatic rings. The molecule has 2 atom stereocenters. The van der Waals surface area contributed by atoms with Crippen LogP contribution in [0.25, 0.3) is 0 Å². The van der Waals surface area contributed by atoms with Crippen molar-refractivity contribution in [3.8, 4) is 0 Å².